The minimum absolute atomic E-state index is 0.144. The third-order valence-electron chi connectivity index (χ3n) is 4.42. The molecule has 0 atom stereocenters. The Balaban J connectivity index is 1.66. The molecule has 0 aromatic heterocycles. The highest BCUT2D eigenvalue weighted by Crippen LogP contribution is 2.31. The largest absolute Gasteiger partial charge is 0.389 e. The van der Waals surface area contributed by atoms with Crippen LogP contribution >= 0.6 is 0 Å². The Morgan fingerprint density at radius 1 is 1.33 bits per heavy atom. The number of carbonyl (C=O) groups is 1. The average Bonchev–Trinajstić information content (AvgIpc) is 3.16. The molecule has 4 nitrogen and oxygen atoms in total. The number of likely N-dealkylation sites (N-methyl/N-ethyl adjacent to an activating group) is 1. The van der Waals surface area contributed by atoms with Crippen molar-refractivity contribution >= 4 is 5.91 Å². The molecule has 2 rings (SSSR count). The summed E-state index contributed by atoms with van der Waals surface area (Å²) in [4.78, 5) is 13.6. The summed E-state index contributed by atoms with van der Waals surface area (Å²) in [7, 11) is 1.87. The van der Waals surface area contributed by atoms with Crippen molar-refractivity contribution in [1.82, 2.24) is 10.2 Å². The maximum atomic E-state index is 11.8. The maximum Gasteiger partial charge on any atom is 0.236 e. The van der Waals surface area contributed by atoms with Crippen molar-refractivity contribution < 1.29 is 9.90 Å². The van der Waals surface area contributed by atoms with Gasteiger partial charge >= 0.3 is 0 Å². The molecule has 18 heavy (non-hydrogen) atoms. The molecule has 0 heterocycles. The van der Waals surface area contributed by atoms with Crippen LogP contribution in [0.2, 0.25) is 0 Å². The van der Waals surface area contributed by atoms with Crippen molar-refractivity contribution in [2.45, 2.75) is 57.1 Å². The van der Waals surface area contributed by atoms with E-state index in [1.807, 2.05) is 11.9 Å². The predicted octanol–water partition coefficient (Wildman–Crippen LogP) is 1.14. The number of amides is 1. The molecule has 0 spiro atoms. The molecule has 2 aliphatic rings. The number of aliphatic hydroxyl groups is 1. The molecule has 2 aliphatic carbocycles. The molecule has 2 saturated carbocycles. The van der Waals surface area contributed by atoms with E-state index in [0.29, 0.717) is 19.1 Å². The number of nitrogens with one attached hydrogen (secondary N) is 1. The van der Waals surface area contributed by atoms with Gasteiger partial charge in [-0.05, 0) is 44.4 Å². The van der Waals surface area contributed by atoms with Crippen LogP contribution < -0.4 is 5.32 Å². The summed E-state index contributed by atoms with van der Waals surface area (Å²) in [5.74, 6) is 0.873. The third-order valence-corrected chi connectivity index (χ3v) is 4.42. The van der Waals surface area contributed by atoms with Gasteiger partial charge in [-0.3, -0.25) is 4.79 Å². The number of rotatable bonds is 5. The Hall–Kier alpha value is -0.610. The van der Waals surface area contributed by atoms with E-state index in [-0.39, 0.29) is 5.91 Å². The first kappa shape index (κ1) is 13.8. The minimum atomic E-state index is -0.592. The molecular formula is C14H26N2O2. The molecule has 0 aliphatic heterocycles. The summed E-state index contributed by atoms with van der Waals surface area (Å²) in [6.07, 6.45) is 6.18. The van der Waals surface area contributed by atoms with E-state index in [0.717, 1.165) is 44.4 Å². The second kappa shape index (κ2) is 5.57. The number of hydrogen-bond donors (Lipinski definition) is 2. The van der Waals surface area contributed by atoms with E-state index in [1.165, 1.54) is 0 Å². The lowest BCUT2D eigenvalue weighted by Crippen LogP contribution is -2.46. The SMILES string of the molecule is CC1CCC(O)(CNCC(=O)N(C)C2CC2)CC1. The smallest absolute Gasteiger partial charge is 0.236 e. The lowest BCUT2D eigenvalue weighted by Gasteiger charge is -2.35. The van der Waals surface area contributed by atoms with E-state index in [4.69, 9.17) is 0 Å². The summed E-state index contributed by atoms with van der Waals surface area (Å²) >= 11 is 0. The van der Waals surface area contributed by atoms with Gasteiger partial charge in [0.05, 0.1) is 12.1 Å². The summed E-state index contributed by atoms with van der Waals surface area (Å²) < 4.78 is 0. The highest BCUT2D eigenvalue weighted by Gasteiger charge is 2.32. The quantitative estimate of drug-likeness (QED) is 0.773. The van der Waals surface area contributed by atoms with Crippen LogP contribution in [0.1, 0.15) is 45.4 Å². The second-order valence-electron chi connectivity index (χ2n) is 6.25. The van der Waals surface area contributed by atoms with E-state index < -0.39 is 5.60 Å². The topological polar surface area (TPSA) is 52.6 Å². The lowest BCUT2D eigenvalue weighted by molar-refractivity contribution is -0.129. The summed E-state index contributed by atoms with van der Waals surface area (Å²) in [5.41, 5.74) is -0.592. The normalized spacial score (nSPS) is 32.3. The fourth-order valence-corrected chi connectivity index (χ4v) is 2.67. The molecule has 104 valence electrons. The average molecular weight is 254 g/mol. The second-order valence-corrected chi connectivity index (χ2v) is 6.25. The van der Waals surface area contributed by atoms with Crippen LogP contribution in [-0.4, -0.2) is 47.7 Å². The first-order valence-electron chi connectivity index (χ1n) is 7.19. The molecule has 0 radical (unpaired) electrons. The van der Waals surface area contributed by atoms with Crippen molar-refractivity contribution in [1.29, 1.82) is 0 Å². The van der Waals surface area contributed by atoms with E-state index in [2.05, 4.69) is 12.2 Å². The maximum absolute atomic E-state index is 11.8. The van der Waals surface area contributed by atoms with E-state index >= 15 is 0 Å². The van der Waals surface area contributed by atoms with Gasteiger partial charge in [0, 0.05) is 19.6 Å². The highest BCUT2D eigenvalue weighted by atomic mass is 16.3. The molecule has 4 heteroatoms. The van der Waals surface area contributed by atoms with Crippen LogP contribution in [-0.2, 0) is 4.79 Å². The number of carbonyl (C=O) groups excluding carboxylic acids is 1. The Bertz CT molecular complexity index is 294. The van der Waals surface area contributed by atoms with Crippen molar-refractivity contribution in [2.24, 2.45) is 5.92 Å². The fourth-order valence-electron chi connectivity index (χ4n) is 2.67. The van der Waals surface area contributed by atoms with Gasteiger partial charge in [-0.25, -0.2) is 0 Å². The zero-order chi connectivity index (χ0) is 13.2. The van der Waals surface area contributed by atoms with Crippen molar-refractivity contribution in [3.05, 3.63) is 0 Å². The summed E-state index contributed by atoms with van der Waals surface area (Å²) in [6.45, 7) is 3.13. The Morgan fingerprint density at radius 2 is 1.94 bits per heavy atom. The Morgan fingerprint density at radius 3 is 2.50 bits per heavy atom. The summed E-state index contributed by atoms with van der Waals surface area (Å²) in [6, 6.07) is 0.470. The van der Waals surface area contributed by atoms with E-state index in [9.17, 15) is 9.90 Å². The standard InChI is InChI=1S/C14H26N2O2/c1-11-5-7-14(18,8-6-11)10-15-9-13(17)16(2)12-3-4-12/h11-12,15,18H,3-10H2,1-2H3. The summed E-state index contributed by atoms with van der Waals surface area (Å²) in [5, 5.41) is 13.5. The highest BCUT2D eigenvalue weighted by molar-refractivity contribution is 5.78. The van der Waals surface area contributed by atoms with Gasteiger partial charge in [0.2, 0.25) is 5.91 Å². The first-order chi connectivity index (χ1) is 8.50. The van der Waals surface area contributed by atoms with Gasteiger partial charge in [-0.15, -0.1) is 0 Å². The third kappa shape index (κ3) is 3.69. The first-order valence-corrected chi connectivity index (χ1v) is 7.19. The molecule has 0 bridgehead atoms. The van der Waals surface area contributed by atoms with Crippen LogP contribution in [0.15, 0.2) is 0 Å². The monoisotopic (exact) mass is 254 g/mol. The van der Waals surface area contributed by atoms with Gasteiger partial charge in [-0.1, -0.05) is 6.92 Å². The van der Waals surface area contributed by atoms with Gasteiger partial charge in [0.15, 0.2) is 0 Å². The molecule has 0 unspecified atom stereocenters. The van der Waals surface area contributed by atoms with Crippen molar-refractivity contribution in [3.8, 4) is 0 Å². The molecule has 2 fully saturated rings. The van der Waals surface area contributed by atoms with Gasteiger partial charge in [-0.2, -0.15) is 0 Å². The van der Waals surface area contributed by atoms with Crippen LogP contribution in [0.3, 0.4) is 0 Å². The molecule has 0 saturated heterocycles. The molecule has 1 amide bonds. The van der Waals surface area contributed by atoms with Crippen LogP contribution in [0.4, 0.5) is 0 Å². The zero-order valence-corrected chi connectivity index (χ0v) is 11.6. The van der Waals surface area contributed by atoms with E-state index in [1.54, 1.807) is 0 Å². The van der Waals surface area contributed by atoms with Crippen LogP contribution in [0, 0.1) is 5.92 Å². The number of hydrogen-bond acceptors (Lipinski definition) is 3. The minimum Gasteiger partial charge on any atom is -0.389 e. The number of nitrogens with zero attached hydrogens (tertiary/aromatic N) is 1. The molecular weight excluding hydrogens is 228 g/mol. The van der Waals surface area contributed by atoms with Crippen molar-refractivity contribution in [3.63, 3.8) is 0 Å². The molecule has 2 N–H and O–H groups in total. The predicted molar refractivity (Wildman–Crippen MR) is 71.2 cm³/mol. The van der Waals surface area contributed by atoms with Gasteiger partial charge in [0.1, 0.15) is 0 Å². The van der Waals surface area contributed by atoms with Crippen LogP contribution in [0.5, 0.6) is 0 Å². The zero-order valence-electron chi connectivity index (χ0n) is 11.6. The molecule has 0 aromatic rings. The van der Waals surface area contributed by atoms with Gasteiger partial charge < -0.3 is 15.3 Å². The van der Waals surface area contributed by atoms with Crippen LogP contribution in [0.25, 0.3) is 0 Å². The Kier molecular flexibility index (Phi) is 4.28. The van der Waals surface area contributed by atoms with Crippen molar-refractivity contribution in [2.75, 3.05) is 20.1 Å². The molecule has 0 aromatic carbocycles. The fraction of sp³-hybridized carbons (Fsp3) is 0.929. The lowest BCUT2D eigenvalue weighted by atomic mass is 9.79. The van der Waals surface area contributed by atoms with Gasteiger partial charge in [0.25, 0.3) is 0 Å². The Labute approximate surface area is 110 Å².